The highest BCUT2D eigenvalue weighted by Crippen LogP contribution is 2.28. The number of nitrogens with zero attached hydrogens (tertiary/aromatic N) is 1. The molecule has 0 amide bonds. The van der Waals surface area contributed by atoms with E-state index in [4.69, 9.17) is 0 Å². The molecule has 0 bridgehead atoms. The van der Waals surface area contributed by atoms with E-state index >= 15 is 0 Å². The molecule has 5 rings (SSSR count). The summed E-state index contributed by atoms with van der Waals surface area (Å²) in [7, 11) is 0. The molecule has 0 aliphatic carbocycles. The van der Waals surface area contributed by atoms with Crippen LogP contribution in [0.5, 0.6) is 0 Å². The average molecular weight is 343 g/mol. The summed E-state index contributed by atoms with van der Waals surface area (Å²) in [6.45, 7) is 6.67. The van der Waals surface area contributed by atoms with Gasteiger partial charge in [-0.25, -0.2) is 0 Å². The molecular weight excluding hydrogens is 318 g/mol. The molecule has 26 heavy (non-hydrogen) atoms. The first kappa shape index (κ1) is 16.8. The number of rotatable bonds is 1. The van der Waals surface area contributed by atoms with E-state index in [0.717, 1.165) is 26.2 Å². The van der Waals surface area contributed by atoms with Crippen LogP contribution in [0.25, 0.3) is 27.4 Å². The van der Waals surface area contributed by atoms with Gasteiger partial charge in [-0.3, -0.25) is 0 Å². The lowest BCUT2D eigenvalue weighted by Crippen LogP contribution is -2.39. The topological polar surface area (TPSA) is 29.0 Å². The van der Waals surface area contributed by atoms with Gasteiger partial charge in [-0.15, -0.1) is 0 Å². The van der Waals surface area contributed by atoms with Gasteiger partial charge in [-0.05, 0) is 30.5 Å². The summed E-state index contributed by atoms with van der Waals surface area (Å²) in [5.74, 6) is 0. The largest absolute Gasteiger partial charge is 0.316 e. The standard InChI is InChI=1S/C19H15N.C4H10N2/c1-14-6-10-17(11-7-14)20-13-12-16-9-8-15-4-2-3-5-18(15)19(16)20;1-2-6-4-3-5-1/h2-13H,1H3;5-6H,1-4H2. The van der Waals surface area contributed by atoms with Crippen molar-refractivity contribution in [1.82, 2.24) is 15.2 Å². The number of nitrogens with one attached hydrogen (secondary N) is 2. The molecule has 4 aromatic rings. The maximum Gasteiger partial charge on any atom is 0.0606 e. The highest BCUT2D eigenvalue weighted by Gasteiger charge is 2.06. The summed E-state index contributed by atoms with van der Waals surface area (Å²) in [6, 6.07) is 23.8. The lowest BCUT2D eigenvalue weighted by atomic mass is 10.1. The van der Waals surface area contributed by atoms with Crippen LogP contribution in [0, 0.1) is 6.92 Å². The number of piperazine rings is 1. The van der Waals surface area contributed by atoms with Gasteiger partial charge < -0.3 is 15.2 Å². The van der Waals surface area contributed by atoms with E-state index < -0.39 is 0 Å². The maximum absolute atomic E-state index is 3.22. The third-order valence-corrected chi connectivity index (χ3v) is 4.85. The molecule has 0 radical (unpaired) electrons. The fourth-order valence-electron chi connectivity index (χ4n) is 3.43. The Labute approximate surface area is 154 Å². The van der Waals surface area contributed by atoms with Crippen molar-refractivity contribution in [3.8, 4) is 5.69 Å². The van der Waals surface area contributed by atoms with E-state index in [-0.39, 0.29) is 0 Å². The van der Waals surface area contributed by atoms with Gasteiger partial charge >= 0.3 is 0 Å². The fourth-order valence-corrected chi connectivity index (χ4v) is 3.43. The smallest absolute Gasteiger partial charge is 0.0606 e. The van der Waals surface area contributed by atoms with Gasteiger partial charge in [0.05, 0.1) is 5.52 Å². The maximum atomic E-state index is 3.22. The van der Waals surface area contributed by atoms with Crippen molar-refractivity contribution in [2.24, 2.45) is 0 Å². The molecule has 2 N–H and O–H groups in total. The Morgan fingerprint density at radius 1 is 0.692 bits per heavy atom. The van der Waals surface area contributed by atoms with Crippen molar-refractivity contribution in [3.63, 3.8) is 0 Å². The highest BCUT2D eigenvalue weighted by molar-refractivity contribution is 6.06. The van der Waals surface area contributed by atoms with Gasteiger partial charge in [0.2, 0.25) is 0 Å². The molecule has 132 valence electrons. The number of hydrogen-bond acceptors (Lipinski definition) is 2. The molecule has 3 aromatic carbocycles. The second kappa shape index (κ2) is 7.73. The quantitative estimate of drug-likeness (QED) is 0.540. The van der Waals surface area contributed by atoms with E-state index in [1.54, 1.807) is 0 Å². The normalized spacial score (nSPS) is 14.2. The van der Waals surface area contributed by atoms with Gasteiger partial charge in [0, 0.05) is 48.8 Å². The number of fused-ring (bicyclic) bond motifs is 3. The van der Waals surface area contributed by atoms with Crippen LogP contribution in [-0.2, 0) is 0 Å². The van der Waals surface area contributed by atoms with Crippen LogP contribution in [-0.4, -0.2) is 30.7 Å². The van der Waals surface area contributed by atoms with Gasteiger partial charge in [0.25, 0.3) is 0 Å². The van der Waals surface area contributed by atoms with Crippen molar-refractivity contribution in [2.45, 2.75) is 6.92 Å². The van der Waals surface area contributed by atoms with E-state index in [2.05, 4.69) is 95.1 Å². The predicted octanol–water partition coefficient (Wildman–Crippen LogP) is 4.27. The molecule has 1 saturated heterocycles. The monoisotopic (exact) mass is 343 g/mol. The fraction of sp³-hybridized carbons (Fsp3) is 0.217. The summed E-state index contributed by atoms with van der Waals surface area (Å²) >= 11 is 0. The average Bonchev–Trinajstić information content (AvgIpc) is 3.15. The molecule has 0 saturated carbocycles. The van der Waals surface area contributed by atoms with Crippen molar-refractivity contribution in [2.75, 3.05) is 26.2 Å². The summed E-state index contributed by atoms with van der Waals surface area (Å²) in [6.07, 6.45) is 2.15. The van der Waals surface area contributed by atoms with Crippen LogP contribution in [0.2, 0.25) is 0 Å². The molecule has 0 atom stereocenters. The molecule has 2 heterocycles. The van der Waals surface area contributed by atoms with E-state index in [1.807, 2.05) is 0 Å². The van der Waals surface area contributed by atoms with Crippen molar-refractivity contribution in [3.05, 3.63) is 78.5 Å². The second-order valence-corrected chi connectivity index (χ2v) is 6.75. The molecule has 0 unspecified atom stereocenters. The van der Waals surface area contributed by atoms with E-state index in [9.17, 15) is 0 Å². The molecule has 1 aliphatic heterocycles. The molecule has 0 spiro atoms. The second-order valence-electron chi connectivity index (χ2n) is 6.75. The summed E-state index contributed by atoms with van der Waals surface area (Å²) in [5.41, 5.74) is 3.78. The molecule has 1 aliphatic rings. The summed E-state index contributed by atoms with van der Waals surface area (Å²) < 4.78 is 2.27. The van der Waals surface area contributed by atoms with Crippen LogP contribution in [0.15, 0.2) is 72.9 Å². The van der Waals surface area contributed by atoms with Crippen molar-refractivity contribution >= 4 is 21.7 Å². The van der Waals surface area contributed by atoms with Crippen LogP contribution in [0.3, 0.4) is 0 Å². The Hall–Kier alpha value is -2.62. The van der Waals surface area contributed by atoms with Crippen LogP contribution < -0.4 is 10.6 Å². The number of benzene rings is 3. The van der Waals surface area contributed by atoms with E-state index in [0.29, 0.717) is 0 Å². The van der Waals surface area contributed by atoms with Crippen LogP contribution >= 0.6 is 0 Å². The Morgan fingerprint density at radius 3 is 2.04 bits per heavy atom. The molecule has 1 aromatic heterocycles. The summed E-state index contributed by atoms with van der Waals surface area (Å²) in [4.78, 5) is 0. The van der Waals surface area contributed by atoms with Gasteiger partial charge in [0.15, 0.2) is 0 Å². The third kappa shape index (κ3) is 3.50. The highest BCUT2D eigenvalue weighted by atomic mass is 15.0. The molecule has 3 nitrogen and oxygen atoms in total. The van der Waals surface area contributed by atoms with Crippen molar-refractivity contribution < 1.29 is 0 Å². The number of hydrogen-bond donors (Lipinski definition) is 2. The minimum Gasteiger partial charge on any atom is -0.316 e. The van der Waals surface area contributed by atoms with Gasteiger partial charge in [-0.2, -0.15) is 0 Å². The van der Waals surface area contributed by atoms with Crippen molar-refractivity contribution in [1.29, 1.82) is 0 Å². The number of aryl methyl sites for hydroxylation is 1. The summed E-state index contributed by atoms with van der Waals surface area (Å²) in [5, 5.41) is 10.3. The minimum absolute atomic E-state index is 1.14. The zero-order valence-electron chi connectivity index (χ0n) is 15.2. The Kier molecular flexibility index (Phi) is 5.00. The molecule has 1 fully saturated rings. The minimum atomic E-state index is 1.14. The van der Waals surface area contributed by atoms with Gasteiger partial charge in [-0.1, -0.05) is 54.1 Å². The molecule has 3 heteroatoms. The number of aromatic nitrogens is 1. The zero-order chi connectivity index (χ0) is 17.8. The van der Waals surface area contributed by atoms with Crippen LogP contribution in [0.4, 0.5) is 0 Å². The predicted molar refractivity (Wildman–Crippen MR) is 111 cm³/mol. The Balaban J connectivity index is 0.000000240. The first-order chi connectivity index (χ1) is 12.8. The molecular formula is C23H25N3. The van der Waals surface area contributed by atoms with Crippen LogP contribution in [0.1, 0.15) is 5.56 Å². The van der Waals surface area contributed by atoms with E-state index in [1.165, 1.54) is 32.9 Å². The zero-order valence-corrected chi connectivity index (χ0v) is 15.2. The van der Waals surface area contributed by atoms with Gasteiger partial charge in [0.1, 0.15) is 0 Å². The Bertz CT molecular complexity index is 983. The lowest BCUT2D eigenvalue weighted by Gasteiger charge is -2.11. The Morgan fingerprint density at radius 2 is 1.35 bits per heavy atom. The first-order valence-corrected chi connectivity index (χ1v) is 9.30. The lowest BCUT2D eigenvalue weighted by molar-refractivity contribution is 0.534. The first-order valence-electron chi connectivity index (χ1n) is 9.30. The SMILES string of the molecule is C1CNCCN1.Cc1ccc(-n2ccc3ccc4ccccc4c32)cc1. The third-order valence-electron chi connectivity index (χ3n) is 4.85.